The first-order valence-corrected chi connectivity index (χ1v) is 5.90. The number of nitrogens with one attached hydrogen (secondary N) is 1. The predicted molar refractivity (Wildman–Crippen MR) is 73.2 cm³/mol. The third-order valence-corrected chi connectivity index (χ3v) is 3.05. The van der Waals surface area contributed by atoms with Crippen LogP contribution in [-0.4, -0.2) is 9.97 Å². The third-order valence-electron chi connectivity index (χ3n) is 2.10. The van der Waals surface area contributed by atoms with Crippen LogP contribution in [0.2, 0.25) is 0 Å². The molecular formula is C11H7IN4O2. The minimum Gasteiger partial charge on any atom is -0.436 e. The molecule has 0 saturated heterocycles. The Hall–Kier alpha value is -2.08. The van der Waals surface area contributed by atoms with Crippen molar-refractivity contribution < 1.29 is 4.74 Å². The van der Waals surface area contributed by atoms with Crippen molar-refractivity contribution in [2.24, 2.45) is 0 Å². The summed E-state index contributed by atoms with van der Waals surface area (Å²) in [5, 5.41) is 8.97. The second-order valence-corrected chi connectivity index (χ2v) is 4.40. The molecule has 3 N–H and O–H groups in total. The molecule has 1 heterocycles. The molecule has 0 radical (unpaired) electrons. The zero-order chi connectivity index (χ0) is 13.1. The fraction of sp³-hybridized carbons (Fsp3) is 0. The molecule has 0 aliphatic rings. The monoisotopic (exact) mass is 354 g/mol. The summed E-state index contributed by atoms with van der Waals surface area (Å²) in [5.74, 6) is 0.461. The predicted octanol–water partition coefficient (Wildman–Crippen LogP) is 1.62. The molecule has 0 amide bonds. The highest BCUT2D eigenvalue weighted by Gasteiger charge is 2.10. The molecule has 0 atom stereocenters. The number of halogens is 1. The van der Waals surface area contributed by atoms with Crippen molar-refractivity contribution in [1.82, 2.24) is 9.97 Å². The van der Waals surface area contributed by atoms with Gasteiger partial charge in [0.25, 0.3) is 5.56 Å². The van der Waals surface area contributed by atoms with E-state index in [1.807, 2.05) is 28.7 Å². The highest BCUT2D eigenvalue weighted by atomic mass is 127. The first kappa shape index (κ1) is 12.4. The van der Waals surface area contributed by atoms with Crippen molar-refractivity contribution in [3.8, 4) is 17.7 Å². The number of aromatic amines is 1. The smallest absolute Gasteiger partial charge is 0.268 e. The Kier molecular flexibility index (Phi) is 3.47. The van der Waals surface area contributed by atoms with E-state index in [0.29, 0.717) is 15.0 Å². The second kappa shape index (κ2) is 5.05. The summed E-state index contributed by atoms with van der Waals surface area (Å²) < 4.78 is 5.77. The summed E-state index contributed by atoms with van der Waals surface area (Å²) in [7, 11) is 0. The number of anilines is 1. The number of nitrogens with two attached hydrogens (primary N) is 1. The molecule has 0 aliphatic carbocycles. The summed E-state index contributed by atoms with van der Waals surface area (Å²) in [6, 6.07) is 6.63. The minimum atomic E-state index is -0.297. The molecule has 18 heavy (non-hydrogen) atoms. The van der Waals surface area contributed by atoms with E-state index in [0.717, 1.165) is 0 Å². The Morgan fingerprint density at radius 2 is 2.28 bits per heavy atom. The van der Waals surface area contributed by atoms with Crippen LogP contribution in [0.1, 0.15) is 5.56 Å². The molecule has 0 unspecified atom stereocenters. The van der Waals surface area contributed by atoms with E-state index in [-0.39, 0.29) is 17.0 Å². The number of benzene rings is 1. The number of aromatic nitrogens is 2. The van der Waals surface area contributed by atoms with Gasteiger partial charge in [-0.1, -0.05) is 0 Å². The Labute approximate surface area is 116 Å². The molecule has 90 valence electrons. The minimum absolute atomic E-state index is 0.153. The molecule has 2 aromatic rings. The lowest BCUT2D eigenvalue weighted by molar-refractivity contribution is 0.455. The molecule has 0 spiro atoms. The largest absolute Gasteiger partial charge is 0.436 e. The summed E-state index contributed by atoms with van der Waals surface area (Å²) in [4.78, 5) is 17.7. The van der Waals surface area contributed by atoms with E-state index >= 15 is 0 Å². The summed E-state index contributed by atoms with van der Waals surface area (Å²) >= 11 is 1.82. The molecule has 1 aromatic heterocycles. The molecule has 0 fully saturated rings. The van der Waals surface area contributed by atoms with Gasteiger partial charge in [0.2, 0.25) is 5.88 Å². The zero-order valence-corrected chi connectivity index (χ0v) is 11.1. The fourth-order valence-corrected chi connectivity index (χ4v) is 1.67. The van der Waals surface area contributed by atoms with Crippen LogP contribution in [0.3, 0.4) is 0 Å². The summed E-state index contributed by atoms with van der Waals surface area (Å²) in [6.07, 6.45) is 1.24. The molecule has 1 aromatic carbocycles. The average molecular weight is 354 g/mol. The van der Waals surface area contributed by atoms with Gasteiger partial charge in [-0.3, -0.25) is 4.79 Å². The molecule has 6 nitrogen and oxygen atoms in total. The van der Waals surface area contributed by atoms with Crippen molar-refractivity contribution in [1.29, 1.82) is 5.26 Å². The molecular weight excluding hydrogens is 347 g/mol. The molecule has 7 heteroatoms. The molecule has 0 bridgehead atoms. The van der Waals surface area contributed by atoms with Gasteiger partial charge in [-0.15, -0.1) is 0 Å². The van der Waals surface area contributed by atoms with Crippen LogP contribution in [0.15, 0.2) is 29.3 Å². The van der Waals surface area contributed by atoms with Crippen LogP contribution in [0, 0.1) is 14.9 Å². The topological polar surface area (TPSA) is 105 Å². The third kappa shape index (κ3) is 2.43. The maximum absolute atomic E-state index is 11.4. The lowest BCUT2D eigenvalue weighted by Crippen LogP contribution is -2.11. The number of hydrogen-bond acceptors (Lipinski definition) is 5. The van der Waals surface area contributed by atoms with E-state index in [4.69, 9.17) is 15.7 Å². The summed E-state index contributed by atoms with van der Waals surface area (Å²) in [6.45, 7) is 0. The van der Waals surface area contributed by atoms with Crippen molar-refractivity contribution in [3.05, 3.63) is 44.0 Å². The van der Waals surface area contributed by atoms with Crippen LogP contribution in [0.25, 0.3) is 0 Å². The van der Waals surface area contributed by atoms with Gasteiger partial charge in [0.05, 0.1) is 11.9 Å². The Morgan fingerprint density at radius 3 is 3.00 bits per heavy atom. The van der Waals surface area contributed by atoms with Gasteiger partial charge < -0.3 is 15.5 Å². The van der Waals surface area contributed by atoms with E-state index in [9.17, 15) is 4.79 Å². The standard InChI is InChI=1S/C11H7IN4O2/c12-9-10(17)15-5-16-11(9)18-8-2-1-7(14)3-6(8)4-13/h1-3,5H,14H2,(H,15,16,17). The quantitative estimate of drug-likeness (QED) is 0.630. The number of nitrogens with zero attached hydrogens (tertiary/aromatic N) is 2. The van der Waals surface area contributed by atoms with E-state index in [1.165, 1.54) is 12.4 Å². The Balaban J connectivity index is 2.44. The number of nitrogen functional groups attached to an aromatic ring is 1. The number of H-pyrrole nitrogens is 1. The Morgan fingerprint density at radius 1 is 1.50 bits per heavy atom. The second-order valence-electron chi connectivity index (χ2n) is 3.32. The molecule has 0 aliphatic heterocycles. The van der Waals surface area contributed by atoms with Gasteiger partial charge >= 0.3 is 0 Å². The number of ether oxygens (including phenoxy) is 1. The number of nitriles is 1. The fourth-order valence-electron chi connectivity index (χ4n) is 1.27. The lowest BCUT2D eigenvalue weighted by atomic mass is 10.2. The van der Waals surface area contributed by atoms with Crippen LogP contribution in [0.4, 0.5) is 5.69 Å². The van der Waals surface area contributed by atoms with Crippen LogP contribution in [0.5, 0.6) is 11.6 Å². The van der Waals surface area contributed by atoms with Gasteiger partial charge in [0.15, 0.2) is 0 Å². The van der Waals surface area contributed by atoms with Crippen molar-refractivity contribution >= 4 is 28.3 Å². The highest BCUT2D eigenvalue weighted by Crippen LogP contribution is 2.26. The van der Waals surface area contributed by atoms with E-state index < -0.39 is 0 Å². The average Bonchev–Trinajstić information content (AvgIpc) is 2.37. The van der Waals surface area contributed by atoms with Gasteiger partial charge in [-0.25, -0.2) is 4.98 Å². The number of rotatable bonds is 2. The summed E-state index contributed by atoms with van der Waals surface area (Å²) in [5.41, 5.74) is 6.03. The number of hydrogen-bond donors (Lipinski definition) is 2. The van der Waals surface area contributed by atoms with Crippen molar-refractivity contribution in [2.45, 2.75) is 0 Å². The molecule has 2 rings (SSSR count). The SMILES string of the molecule is N#Cc1cc(N)ccc1Oc1nc[nH]c(=O)c1I. The Bertz CT molecular complexity index is 690. The lowest BCUT2D eigenvalue weighted by Gasteiger charge is -2.07. The van der Waals surface area contributed by atoms with Crippen LogP contribution >= 0.6 is 22.6 Å². The van der Waals surface area contributed by atoms with Gasteiger partial charge in [0.1, 0.15) is 15.4 Å². The van der Waals surface area contributed by atoms with Crippen LogP contribution < -0.4 is 16.0 Å². The maximum Gasteiger partial charge on any atom is 0.268 e. The van der Waals surface area contributed by atoms with Gasteiger partial charge in [-0.05, 0) is 40.8 Å². The van der Waals surface area contributed by atoms with Crippen LogP contribution in [-0.2, 0) is 0 Å². The first-order chi connectivity index (χ1) is 8.61. The molecule has 0 saturated carbocycles. The van der Waals surface area contributed by atoms with Crippen molar-refractivity contribution in [2.75, 3.05) is 5.73 Å². The van der Waals surface area contributed by atoms with E-state index in [1.54, 1.807) is 12.1 Å². The van der Waals surface area contributed by atoms with Gasteiger partial charge in [0, 0.05) is 5.69 Å². The zero-order valence-electron chi connectivity index (χ0n) is 8.98. The first-order valence-electron chi connectivity index (χ1n) is 4.82. The van der Waals surface area contributed by atoms with Gasteiger partial charge in [-0.2, -0.15) is 5.26 Å². The normalized spacial score (nSPS) is 9.78. The van der Waals surface area contributed by atoms with Crippen molar-refractivity contribution in [3.63, 3.8) is 0 Å². The van der Waals surface area contributed by atoms with E-state index in [2.05, 4.69) is 9.97 Å². The maximum atomic E-state index is 11.4. The highest BCUT2D eigenvalue weighted by molar-refractivity contribution is 14.1.